The smallest absolute Gasteiger partial charge is 0.257 e. The summed E-state index contributed by atoms with van der Waals surface area (Å²) in [6.45, 7) is 1.47. The van der Waals surface area contributed by atoms with Crippen LogP contribution in [0.2, 0.25) is 0 Å². The molecule has 0 saturated heterocycles. The van der Waals surface area contributed by atoms with Crippen LogP contribution in [0.5, 0.6) is 0 Å². The summed E-state index contributed by atoms with van der Waals surface area (Å²) in [5.41, 5.74) is 4.73. The van der Waals surface area contributed by atoms with Crippen LogP contribution in [0.4, 0.5) is 0 Å². The summed E-state index contributed by atoms with van der Waals surface area (Å²) in [6.07, 6.45) is 0. The molecule has 2 aromatic carbocycles. The highest BCUT2D eigenvalue weighted by Gasteiger charge is 2.22. The molecule has 0 aliphatic heterocycles. The molecule has 0 radical (unpaired) electrons. The number of nitrogens with one attached hydrogen (secondary N) is 2. The number of sulfonamides is 1. The number of carbonyl (C=O) groups is 1. The van der Waals surface area contributed by atoms with E-state index >= 15 is 0 Å². The van der Waals surface area contributed by atoms with Crippen molar-refractivity contribution in [1.29, 1.82) is 0 Å². The molecule has 0 fully saturated rings. The minimum atomic E-state index is -3.74. The molecule has 6 nitrogen and oxygen atoms in total. The van der Waals surface area contributed by atoms with E-state index in [9.17, 15) is 13.2 Å². The quantitative estimate of drug-likeness (QED) is 0.461. The number of carbonyl (C=O) groups excluding carboxylic acids is 1. The third-order valence-corrected chi connectivity index (χ3v) is 6.80. The number of nitrogens with zero attached hydrogens (tertiary/aromatic N) is 1. The predicted octanol–water partition coefficient (Wildman–Crippen LogP) is 2.98. The van der Waals surface area contributed by atoms with Gasteiger partial charge in [-0.2, -0.15) is 9.82 Å². The third-order valence-electron chi connectivity index (χ3n) is 3.86. The van der Waals surface area contributed by atoms with Gasteiger partial charge in [-0.25, -0.2) is 13.8 Å². The van der Waals surface area contributed by atoms with Gasteiger partial charge in [-0.05, 0) is 18.4 Å². The number of thiophene rings is 1. The van der Waals surface area contributed by atoms with Crippen LogP contribution in [-0.2, 0) is 14.8 Å². The van der Waals surface area contributed by atoms with Crippen molar-refractivity contribution in [2.75, 3.05) is 0 Å². The number of amides is 1. The lowest BCUT2D eigenvalue weighted by Crippen LogP contribution is -2.43. The highest BCUT2D eigenvalue weighted by Crippen LogP contribution is 2.16. The van der Waals surface area contributed by atoms with Crippen molar-refractivity contribution in [2.45, 2.75) is 17.2 Å². The molecule has 0 bridgehead atoms. The first-order valence-electron chi connectivity index (χ1n) is 8.51. The van der Waals surface area contributed by atoms with E-state index < -0.39 is 22.0 Å². The number of hydrogen-bond donors (Lipinski definition) is 2. The van der Waals surface area contributed by atoms with Crippen molar-refractivity contribution in [3.05, 3.63) is 89.3 Å². The fourth-order valence-electron chi connectivity index (χ4n) is 2.46. The summed E-state index contributed by atoms with van der Waals surface area (Å²) in [5, 5.41) is 5.93. The van der Waals surface area contributed by atoms with Gasteiger partial charge in [0, 0.05) is 11.1 Å². The molecular formula is C20H19N3O3S2. The van der Waals surface area contributed by atoms with Gasteiger partial charge in [-0.15, -0.1) is 11.3 Å². The van der Waals surface area contributed by atoms with E-state index in [4.69, 9.17) is 0 Å². The Morgan fingerprint density at radius 1 is 0.929 bits per heavy atom. The van der Waals surface area contributed by atoms with Gasteiger partial charge in [-0.1, -0.05) is 66.7 Å². The van der Waals surface area contributed by atoms with Crippen LogP contribution in [0.3, 0.4) is 0 Å². The first kappa shape index (κ1) is 19.9. The van der Waals surface area contributed by atoms with E-state index in [2.05, 4.69) is 15.2 Å². The van der Waals surface area contributed by atoms with Gasteiger partial charge in [0.15, 0.2) is 0 Å². The lowest BCUT2D eigenvalue weighted by atomic mass is 10.0. The minimum absolute atomic E-state index is 0.157. The molecule has 1 heterocycles. The van der Waals surface area contributed by atoms with Gasteiger partial charge in [-0.3, -0.25) is 4.79 Å². The molecule has 28 heavy (non-hydrogen) atoms. The second-order valence-electron chi connectivity index (χ2n) is 5.94. The molecule has 1 aromatic heterocycles. The third kappa shape index (κ3) is 4.92. The normalized spacial score (nSPS) is 12.2. The molecule has 1 atom stereocenters. The predicted molar refractivity (Wildman–Crippen MR) is 111 cm³/mol. The Morgan fingerprint density at radius 2 is 1.50 bits per heavy atom. The molecule has 0 saturated carbocycles. The van der Waals surface area contributed by atoms with Gasteiger partial charge < -0.3 is 0 Å². The molecule has 3 aromatic rings. The summed E-state index contributed by atoms with van der Waals surface area (Å²) in [4.78, 5) is 12.4. The average Bonchev–Trinajstić information content (AvgIpc) is 3.25. The van der Waals surface area contributed by atoms with Crippen LogP contribution in [0.15, 0.2) is 87.5 Å². The van der Waals surface area contributed by atoms with Crippen molar-refractivity contribution in [1.82, 2.24) is 10.1 Å². The monoisotopic (exact) mass is 413 g/mol. The van der Waals surface area contributed by atoms with E-state index in [-0.39, 0.29) is 4.21 Å². The zero-order chi connectivity index (χ0) is 20.0. The van der Waals surface area contributed by atoms with Crippen molar-refractivity contribution in [2.24, 2.45) is 5.10 Å². The van der Waals surface area contributed by atoms with Crippen LogP contribution in [0.1, 0.15) is 18.1 Å². The molecule has 144 valence electrons. The Bertz CT molecular complexity index is 1010. The molecule has 1 unspecified atom stereocenters. The summed E-state index contributed by atoms with van der Waals surface area (Å²) in [5.74, 6) is -0.551. The van der Waals surface area contributed by atoms with Crippen LogP contribution in [0.25, 0.3) is 0 Å². The van der Waals surface area contributed by atoms with Crippen LogP contribution in [-0.4, -0.2) is 26.1 Å². The number of benzene rings is 2. The molecular weight excluding hydrogens is 394 g/mol. The second-order valence-corrected chi connectivity index (χ2v) is 8.83. The standard InChI is InChI=1S/C20H19N3O3S2/c1-15(23-28(25,26)18-13-8-14-27-18)20(24)22-21-19(16-9-4-2-5-10-16)17-11-6-3-7-12-17/h2-15,23H,1H3,(H,22,24). The molecule has 0 spiro atoms. The summed E-state index contributed by atoms with van der Waals surface area (Å²) < 4.78 is 27.1. The topological polar surface area (TPSA) is 87.6 Å². The Morgan fingerprint density at radius 3 is 2.00 bits per heavy atom. The van der Waals surface area contributed by atoms with Crippen molar-refractivity contribution in [3.8, 4) is 0 Å². The minimum Gasteiger partial charge on any atom is -0.271 e. The van der Waals surface area contributed by atoms with Gasteiger partial charge in [0.2, 0.25) is 0 Å². The number of rotatable bonds is 7. The maximum atomic E-state index is 12.4. The van der Waals surface area contributed by atoms with Crippen molar-refractivity contribution >= 4 is 33.0 Å². The largest absolute Gasteiger partial charge is 0.271 e. The molecule has 8 heteroatoms. The Kier molecular flexibility index (Phi) is 6.35. The zero-order valence-corrected chi connectivity index (χ0v) is 16.7. The molecule has 2 N–H and O–H groups in total. The number of hydrogen-bond acceptors (Lipinski definition) is 5. The van der Waals surface area contributed by atoms with Crippen LogP contribution < -0.4 is 10.1 Å². The lowest BCUT2D eigenvalue weighted by molar-refractivity contribution is -0.122. The van der Waals surface area contributed by atoms with Crippen LogP contribution in [0, 0.1) is 0 Å². The summed E-state index contributed by atoms with van der Waals surface area (Å²) in [6, 6.07) is 21.0. The number of hydrazone groups is 1. The summed E-state index contributed by atoms with van der Waals surface area (Å²) >= 11 is 1.09. The van der Waals surface area contributed by atoms with Gasteiger partial charge >= 0.3 is 0 Å². The lowest BCUT2D eigenvalue weighted by Gasteiger charge is -2.13. The first-order valence-corrected chi connectivity index (χ1v) is 10.9. The van der Waals surface area contributed by atoms with E-state index in [1.165, 1.54) is 13.0 Å². The Balaban J connectivity index is 1.78. The fraction of sp³-hybridized carbons (Fsp3) is 0.100. The van der Waals surface area contributed by atoms with E-state index in [1.54, 1.807) is 11.4 Å². The van der Waals surface area contributed by atoms with Crippen LogP contribution >= 0.6 is 11.3 Å². The maximum absolute atomic E-state index is 12.4. The van der Waals surface area contributed by atoms with E-state index in [1.807, 2.05) is 60.7 Å². The molecule has 1 amide bonds. The van der Waals surface area contributed by atoms with E-state index in [0.717, 1.165) is 22.5 Å². The maximum Gasteiger partial charge on any atom is 0.257 e. The van der Waals surface area contributed by atoms with Gasteiger partial charge in [0.1, 0.15) is 4.21 Å². The van der Waals surface area contributed by atoms with E-state index in [0.29, 0.717) is 5.71 Å². The fourth-order valence-corrected chi connectivity index (χ4v) is 4.67. The molecule has 0 aliphatic rings. The van der Waals surface area contributed by atoms with Crippen molar-refractivity contribution < 1.29 is 13.2 Å². The Labute approximate surface area is 168 Å². The van der Waals surface area contributed by atoms with Gasteiger partial charge in [0.25, 0.3) is 15.9 Å². The molecule has 3 rings (SSSR count). The second kappa shape index (κ2) is 8.92. The Hall–Kier alpha value is -2.81. The van der Waals surface area contributed by atoms with Crippen molar-refractivity contribution in [3.63, 3.8) is 0 Å². The summed E-state index contributed by atoms with van der Waals surface area (Å²) in [7, 11) is -3.74. The highest BCUT2D eigenvalue weighted by atomic mass is 32.2. The zero-order valence-electron chi connectivity index (χ0n) is 15.1. The first-order chi connectivity index (χ1) is 13.5. The highest BCUT2D eigenvalue weighted by molar-refractivity contribution is 7.91. The van der Waals surface area contributed by atoms with Gasteiger partial charge in [0.05, 0.1) is 11.8 Å². The SMILES string of the molecule is CC(NS(=O)(=O)c1cccs1)C(=O)NN=C(c1ccccc1)c1ccccc1. The molecule has 0 aliphatic carbocycles. The average molecular weight is 414 g/mol.